The van der Waals surface area contributed by atoms with Crippen molar-refractivity contribution in [2.45, 2.75) is 13.0 Å². The van der Waals surface area contributed by atoms with E-state index in [2.05, 4.69) is 4.98 Å². The van der Waals surface area contributed by atoms with Crippen LogP contribution in [-0.4, -0.2) is 22.8 Å². The van der Waals surface area contributed by atoms with Gasteiger partial charge in [0.25, 0.3) is 0 Å². The molecule has 1 aromatic heterocycles. The van der Waals surface area contributed by atoms with Crippen LogP contribution in [0.15, 0.2) is 53.0 Å². The van der Waals surface area contributed by atoms with Crippen LogP contribution in [0, 0.1) is 11.6 Å². The second-order valence-corrected chi connectivity index (χ2v) is 5.65. The predicted octanol–water partition coefficient (Wildman–Crippen LogP) is 4.34. The highest BCUT2D eigenvalue weighted by molar-refractivity contribution is 5.91. The molecule has 4 nitrogen and oxygen atoms in total. The minimum atomic E-state index is -0.938. The largest absolute Gasteiger partial charge is 0.437 e. The van der Waals surface area contributed by atoms with Crippen molar-refractivity contribution in [3.05, 3.63) is 71.6 Å². The number of fused-ring (bicyclic) bond motifs is 1. The summed E-state index contributed by atoms with van der Waals surface area (Å²) < 4.78 is 31.9. The first-order valence-electron chi connectivity index (χ1n) is 7.71. The Hall–Kier alpha value is -3.02. The smallest absolute Gasteiger partial charge is 0.246 e. The van der Waals surface area contributed by atoms with Crippen LogP contribution < -0.4 is 0 Å². The molecular formula is C19H16F2N2O2. The molecule has 1 atom stereocenters. The van der Waals surface area contributed by atoms with Crippen molar-refractivity contribution >= 4 is 23.1 Å². The number of carbonyl (C=O) groups excluding carboxylic acids is 1. The second kappa shape index (κ2) is 6.84. The average molecular weight is 342 g/mol. The zero-order chi connectivity index (χ0) is 18.0. The molecule has 0 radical (unpaired) electrons. The molecule has 1 heterocycles. The lowest BCUT2D eigenvalue weighted by Gasteiger charge is -2.24. The van der Waals surface area contributed by atoms with E-state index >= 15 is 0 Å². The molecule has 0 unspecified atom stereocenters. The van der Waals surface area contributed by atoms with Crippen molar-refractivity contribution in [3.8, 4) is 0 Å². The van der Waals surface area contributed by atoms with Gasteiger partial charge in [0.2, 0.25) is 11.8 Å². The Labute approximate surface area is 143 Å². The second-order valence-electron chi connectivity index (χ2n) is 5.65. The number of halogens is 2. The normalized spacial score (nSPS) is 12.6. The Balaban J connectivity index is 1.73. The number of rotatable bonds is 4. The molecule has 25 heavy (non-hydrogen) atoms. The fourth-order valence-corrected chi connectivity index (χ4v) is 2.41. The number of aromatic nitrogens is 1. The molecule has 0 fully saturated rings. The van der Waals surface area contributed by atoms with Gasteiger partial charge in [-0.15, -0.1) is 0 Å². The standard InChI is InChI=1S/C19H16F2N2O2/c1-12(13-7-8-14(20)15(21)11-13)23(2)19(24)10-9-18-22-16-5-3-4-6-17(16)25-18/h3-12H,1-2H3/b10-9+/t12-/m0/s1. The predicted molar refractivity (Wildman–Crippen MR) is 90.6 cm³/mol. The molecule has 0 spiro atoms. The molecule has 2 aromatic carbocycles. The number of amides is 1. The summed E-state index contributed by atoms with van der Waals surface area (Å²) in [6.07, 6.45) is 2.82. The summed E-state index contributed by atoms with van der Waals surface area (Å²) in [6.45, 7) is 1.73. The summed E-state index contributed by atoms with van der Waals surface area (Å²) >= 11 is 0. The van der Waals surface area contributed by atoms with Crippen LogP contribution >= 0.6 is 0 Å². The zero-order valence-corrected chi connectivity index (χ0v) is 13.7. The number of para-hydroxylation sites is 2. The summed E-state index contributed by atoms with van der Waals surface area (Å²) in [5.41, 5.74) is 1.85. The first-order chi connectivity index (χ1) is 12.0. The molecule has 0 saturated heterocycles. The highest BCUT2D eigenvalue weighted by atomic mass is 19.2. The van der Waals surface area contributed by atoms with E-state index in [0.717, 1.165) is 12.1 Å². The minimum Gasteiger partial charge on any atom is -0.437 e. The van der Waals surface area contributed by atoms with E-state index in [0.29, 0.717) is 22.6 Å². The van der Waals surface area contributed by atoms with Gasteiger partial charge in [-0.25, -0.2) is 13.8 Å². The molecule has 0 aliphatic rings. The van der Waals surface area contributed by atoms with Crippen LogP contribution in [0.4, 0.5) is 8.78 Å². The van der Waals surface area contributed by atoms with Crippen molar-refractivity contribution in [1.29, 1.82) is 0 Å². The van der Waals surface area contributed by atoms with E-state index < -0.39 is 17.7 Å². The van der Waals surface area contributed by atoms with Crippen LogP contribution in [0.1, 0.15) is 24.4 Å². The lowest BCUT2D eigenvalue weighted by molar-refractivity contribution is -0.126. The molecule has 3 aromatic rings. The van der Waals surface area contributed by atoms with Gasteiger partial charge >= 0.3 is 0 Å². The lowest BCUT2D eigenvalue weighted by atomic mass is 10.1. The van der Waals surface area contributed by atoms with Crippen molar-refractivity contribution in [2.75, 3.05) is 7.05 Å². The van der Waals surface area contributed by atoms with Crippen LogP contribution in [0.3, 0.4) is 0 Å². The Bertz CT molecular complexity index is 917. The van der Waals surface area contributed by atoms with Crippen LogP contribution in [0.25, 0.3) is 17.2 Å². The molecule has 0 bridgehead atoms. The Morgan fingerprint density at radius 3 is 2.68 bits per heavy atom. The Morgan fingerprint density at radius 1 is 1.20 bits per heavy atom. The van der Waals surface area contributed by atoms with Gasteiger partial charge < -0.3 is 9.32 Å². The first-order valence-corrected chi connectivity index (χ1v) is 7.71. The minimum absolute atomic E-state index is 0.306. The SMILES string of the molecule is C[C@@H](c1ccc(F)c(F)c1)N(C)C(=O)/C=C/c1nc2ccccc2o1. The molecule has 128 valence electrons. The Morgan fingerprint density at radius 2 is 1.96 bits per heavy atom. The van der Waals surface area contributed by atoms with Gasteiger partial charge in [-0.05, 0) is 36.8 Å². The Kier molecular flexibility index (Phi) is 4.61. The highest BCUT2D eigenvalue weighted by Crippen LogP contribution is 2.21. The topological polar surface area (TPSA) is 46.3 Å². The maximum atomic E-state index is 13.4. The maximum absolute atomic E-state index is 13.4. The van der Waals surface area contributed by atoms with E-state index in [1.807, 2.05) is 18.2 Å². The van der Waals surface area contributed by atoms with E-state index in [9.17, 15) is 13.6 Å². The lowest BCUT2D eigenvalue weighted by Crippen LogP contribution is -2.28. The van der Waals surface area contributed by atoms with Gasteiger partial charge in [-0.1, -0.05) is 18.2 Å². The van der Waals surface area contributed by atoms with Crippen LogP contribution in [0.5, 0.6) is 0 Å². The summed E-state index contributed by atoms with van der Waals surface area (Å²) in [6, 6.07) is 10.5. The third kappa shape index (κ3) is 3.57. The fourth-order valence-electron chi connectivity index (χ4n) is 2.41. The number of carbonyl (C=O) groups is 1. The van der Waals surface area contributed by atoms with Crippen LogP contribution in [0.2, 0.25) is 0 Å². The summed E-state index contributed by atoms with van der Waals surface area (Å²) in [5.74, 6) is -1.84. The average Bonchev–Trinajstić information content (AvgIpc) is 3.03. The van der Waals surface area contributed by atoms with Gasteiger partial charge in [-0.3, -0.25) is 4.79 Å². The highest BCUT2D eigenvalue weighted by Gasteiger charge is 2.17. The summed E-state index contributed by atoms with van der Waals surface area (Å²) in [7, 11) is 1.59. The third-order valence-corrected chi connectivity index (χ3v) is 4.03. The molecule has 3 rings (SSSR count). The number of nitrogens with zero attached hydrogens (tertiary/aromatic N) is 2. The van der Waals surface area contributed by atoms with Crippen molar-refractivity contribution in [3.63, 3.8) is 0 Å². The van der Waals surface area contributed by atoms with E-state index in [4.69, 9.17) is 4.42 Å². The van der Waals surface area contributed by atoms with Gasteiger partial charge in [0.05, 0.1) is 6.04 Å². The quantitative estimate of drug-likeness (QED) is 0.663. The van der Waals surface area contributed by atoms with Crippen molar-refractivity contribution in [2.24, 2.45) is 0 Å². The number of benzene rings is 2. The van der Waals surface area contributed by atoms with Crippen molar-refractivity contribution < 1.29 is 18.0 Å². The number of hydrogen-bond acceptors (Lipinski definition) is 3. The monoisotopic (exact) mass is 342 g/mol. The summed E-state index contributed by atoms with van der Waals surface area (Å²) in [4.78, 5) is 18.0. The van der Waals surface area contributed by atoms with E-state index in [1.165, 1.54) is 23.1 Å². The molecule has 0 aliphatic heterocycles. The van der Waals surface area contributed by atoms with Gasteiger partial charge in [0.15, 0.2) is 17.2 Å². The molecule has 1 amide bonds. The number of oxazole rings is 1. The van der Waals surface area contributed by atoms with Gasteiger partial charge in [-0.2, -0.15) is 0 Å². The molecular weight excluding hydrogens is 326 g/mol. The fraction of sp³-hybridized carbons (Fsp3) is 0.158. The molecule has 0 aliphatic carbocycles. The number of likely N-dealkylation sites (N-methyl/N-ethyl adjacent to an activating group) is 1. The van der Waals surface area contributed by atoms with Gasteiger partial charge in [0.1, 0.15) is 5.52 Å². The maximum Gasteiger partial charge on any atom is 0.246 e. The van der Waals surface area contributed by atoms with Gasteiger partial charge in [0, 0.05) is 19.2 Å². The third-order valence-electron chi connectivity index (χ3n) is 4.03. The van der Waals surface area contributed by atoms with Crippen LogP contribution in [-0.2, 0) is 4.79 Å². The first kappa shape index (κ1) is 16.8. The summed E-state index contributed by atoms with van der Waals surface area (Å²) in [5, 5.41) is 0. The van der Waals surface area contributed by atoms with E-state index in [-0.39, 0.29) is 5.91 Å². The zero-order valence-electron chi connectivity index (χ0n) is 13.7. The number of hydrogen-bond donors (Lipinski definition) is 0. The van der Waals surface area contributed by atoms with E-state index in [1.54, 1.807) is 20.0 Å². The molecule has 0 saturated carbocycles. The molecule has 6 heteroatoms. The van der Waals surface area contributed by atoms with Crippen molar-refractivity contribution in [1.82, 2.24) is 9.88 Å². The molecule has 0 N–H and O–H groups in total.